The monoisotopic (exact) mass is 610 g/mol. The van der Waals surface area contributed by atoms with Crippen molar-refractivity contribution in [1.82, 2.24) is 0 Å². The van der Waals surface area contributed by atoms with E-state index in [4.69, 9.17) is 28.4 Å². The molecule has 3 aliphatic heterocycles. The van der Waals surface area contributed by atoms with Crippen molar-refractivity contribution in [3.05, 3.63) is 41.5 Å². The van der Waals surface area contributed by atoms with Gasteiger partial charge in [0.1, 0.15) is 71.6 Å². The Bertz CT molecular complexity index is 1320. The van der Waals surface area contributed by atoms with Crippen LogP contribution in [0.4, 0.5) is 0 Å². The lowest BCUT2D eigenvalue weighted by atomic mass is 9.95. The maximum absolute atomic E-state index is 12.9. The molecule has 15 nitrogen and oxygen atoms in total. The number of ketones is 1. The Labute approximate surface area is 245 Å². The van der Waals surface area contributed by atoms with Gasteiger partial charge in [0.05, 0.1) is 26.2 Å². The van der Waals surface area contributed by atoms with Gasteiger partial charge in [-0.15, -0.1) is 0 Å². The number of hydrogen-bond acceptors (Lipinski definition) is 15. The Kier molecular flexibility index (Phi) is 8.99. The molecule has 0 aliphatic carbocycles. The van der Waals surface area contributed by atoms with Crippen LogP contribution in [0.2, 0.25) is 0 Å². The smallest absolute Gasteiger partial charge is 0.229 e. The molecule has 2 fully saturated rings. The van der Waals surface area contributed by atoms with E-state index >= 15 is 0 Å². The van der Waals surface area contributed by atoms with Crippen LogP contribution < -0.4 is 14.2 Å². The number of Topliss-reactive ketones (excluding diaryl/α,β-unsaturated/α-hetero) is 1. The fraction of sp³-hybridized carbons (Fsp3) is 0.536. The molecule has 0 saturated carbocycles. The Hall–Kier alpha value is -3.25. The summed E-state index contributed by atoms with van der Waals surface area (Å²) in [4.78, 5) is 12.9. The van der Waals surface area contributed by atoms with Gasteiger partial charge in [0.2, 0.25) is 6.29 Å². The first-order valence-corrected chi connectivity index (χ1v) is 13.5. The summed E-state index contributed by atoms with van der Waals surface area (Å²) in [7, 11) is 1.39. The summed E-state index contributed by atoms with van der Waals surface area (Å²) < 4.78 is 33.3. The summed E-state index contributed by atoms with van der Waals surface area (Å²) in [5.41, 5.74) is 0.373. The normalized spacial score (nSPS) is 36.0. The van der Waals surface area contributed by atoms with Crippen molar-refractivity contribution in [3.8, 4) is 28.7 Å². The fourth-order valence-electron chi connectivity index (χ4n) is 5.31. The lowest BCUT2D eigenvalue weighted by Gasteiger charge is -2.45. The molecule has 0 aromatic heterocycles. The number of methoxy groups -OCH3 is 1. The van der Waals surface area contributed by atoms with E-state index in [0.717, 1.165) is 6.07 Å². The second-order valence-electron chi connectivity index (χ2n) is 10.6. The van der Waals surface area contributed by atoms with Crippen LogP contribution in [0.1, 0.15) is 35.4 Å². The molecule has 43 heavy (non-hydrogen) atoms. The molecule has 3 aliphatic rings. The van der Waals surface area contributed by atoms with Gasteiger partial charge in [0, 0.05) is 12.1 Å². The molecule has 15 heteroatoms. The van der Waals surface area contributed by atoms with Gasteiger partial charge < -0.3 is 69.3 Å². The highest BCUT2D eigenvalue weighted by atomic mass is 16.7. The number of fused-ring (bicyclic) bond motifs is 1. The van der Waals surface area contributed by atoms with Crippen LogP contribution in [0, 0.1) is 0 Å². The zero-order valence-electron chi connectivity index (χ0n) is 23.1. The number of ether oxygens (including phenoxy) is 6. The summed E-state index contributed by atoms with van der Waals surface area (Å²) in [5.74, 6) is -0.999. The Morgan fingerprint density at radius 2 is 1.60 bits per heavy atom. The number of aliphatic hydroxyl groups excluding tert-OH is 6. The lowest BCUT2D eigenvalue weighted by Crippen LogP contribution is -2.64. The number of carbonyl (C=O) groups is 1. The third-order valence-electron chi connectivity index (χ3n) is 7.72. The summed E-state index contributed by atoms with van der Waals surface area (Å²) in [5, 5.41) is 82.6. The van der Waals surface area contributed by atoms with E-state index in [2.05, 4.69) is 0 Å². The number of aromatic hydroxyl groups is 2. The average Bonchev–Trinajstić information content (AvgIpc) is 2.97. The Morgan fingerprint density at radius 3 is 2.28 bits per heavy atom. The minimum Gasteiger partial charge on any atom is -0.507 e. The maximum Gasteiger partial charge on any atom is 0.229 e. The molecule has 11 atom stereocenters. The van der Waals surface area contributed by atoms with Crippen molar-refractivity contribution >= 4 is 5.78 Å². The molecule has 2 aromatic rings. The average molecular weight is 611 g/mol. The SMILES string of the molecule is COc1ccc(C2CC(=O)c3c(O)cc(OC4OC(CO)C(OC5OC(C)C(O)C(O)C5O)C(O)C4O)cc3O2)cc1O. The van der Waals surface area contributed by atoms with Crippen LogP contribution in [-0.4, -0.2) is 122 Å². The molecular weight excluding hydrogens is 576 g/mol. The van der Waals surface area contributed by atoms with Crippen molar-refractivity contribution in [3.63, 3.8) is 0 Å². The summed E-state index contributed by atoms with van der Waals surface area (Å²) in [6.45, 7) is 0.696. The zero-order chi connectivity index (χ0) is 31.2. The fourth-order valence-corrected chi connectivity index (χ4v) is 5.31. The van der Waals surface area contributed by atoms with Crippen LogP contribution in [0.15, 0.2) is 30.3 Å². The Morgan fingerprint density at radius 1 is 0.884 bits per heavy atom. The molecule has 3 heterocycles. The summed E-state index contributed by atoms with van der Waals surface area (Å²) in [6.07, 6.45) is -16.1. The molecule has 2 aromatic carbocycles. The standard InChI is InChI=1S/C28H34O15/c1-10-21(33)22(34)24(36)27(39-10)43-26-19(9-29)42-28(25(37)23(26)35)40-12-6-14(31)20-15(32)8-17(41-18(20)7-12)11-3-4-16(38-2)13(30)5-11/h3-7,10,17,19,21-31,33-37H,8-9H2,1-2H3. The van der Waals surface area contributed by atoms with Gasteiger partial charge in [-0.05, 0) is 24.6 Å². The van der Waals surface area contributed by atoms with Crippen molar-refractivity contribution < 1.29 is 74.1 Å². The quantitative estimate of drug-likeness (QED) is 0.185. The molecule has 0 radical (unpaired) electrons. The highest BCUT2D eigenvalue weighted by molar-refractivity contribution is 6.02. The van der Waals surface area contributed by atoms with E-state index in [9.17, 15) is 45.6 Å². The van der Waals surface area contributed by atoms with Gasteiger partial charge in [-0.1, -0.05) is 6.07 Å². The van der Waals surface area contributed by atoms with Gasteiger partial charge in [-0.25, -0.2) is 0 Å². The van der Waals surface area contributed by atoms with E-state index in [0.29, 0.717) is 5.56 Å². The number of hydrogen-bond donors (Lipinski definition) is 8. The topological polar surface area (TPSA) is 234 Å². The summed E-state index contributed by atoms with van der Waals surface area (Å²) >= 11 is 0. The second-order valence-corrected chi connectivity index (χ2v) is 10.6. The van der Waals surface area contributed by atoms with E-state index in [1.54, 1.807) is 6.07 Å². The molecule has 0 amide bonds. The Balaban J connectivity index is 1.32. The molecule has 0 spiro atoms. The van der Waals surface area contributed by atoms with Crippen molar-refractivity contribution in [2.24, 2.45) is 0 Å². The van der Waals surface area contributed by atoms with E-state index in [-0.39, 0.29) is 35.0 Å². The first-order chi connectivity index (χ1) is 20.4. The molecule has 5 rings (SSSR count). The number of benzene rings is 2. The molecule has 11 unspecified atom stereocenters. The van der Waals surface area contributed by atoms with Crippen LogP contribution in [0.25, 0.3) is 0 Å². The van der Waals surface area contributed by atoms with Gasteiger partial charge >= 0.3 is 0 Å². The first-order valence-electron chi connectivity index (χ1n) is 13.5. The first kappa shape index (κ1) is 31.2. The minimum absolute atomic E-state index is 0.0457. The van der Waals surface area contributed by atoms with Gasteiger partial charge in [0.15, 0.2) is 23.6 Å². The zero-order valence-corrected chi connectivity index (χ0v) is 23.1. The highest BCUT2D eigenvalue weighted by Crippen LogP contribution is 2.43. The third-order valence-corrected chi connectivity index (χ3v) is 7.72. The molecular formula is C28H34O15. The van der Waals surface area contributed by atoms with Crippen molar-refractivity contribution in [2.45, 2.75) is 80.9 Å². The van der Waals surface area contributed by atoms with Crippen LogP contribution in [-0.2, 0) is 14.2 Å². The van der Waals surface area contributed by atoms with Gasteiger partial charge in [0.25, 0.3) is 0 Å². The number of aliphatic hydroxyl groups is 6. The molecule has 0 bridgehead atoms. The van der Waals surface area contributed by atoms with E-state index < -0.39 is 85.7 Å². The molecule has 236 valence electrons. The van der Waals surface area contributed by atoms with Gasteiger partial charge in [-0.3, -0.25) is 4.79 Å². The number of rotatable bonds is 7. The predicted octanol–water partition coefficient (Wildman–Crippen LogP) is -1.16. The number of phenols is 2. The van der Waals surface area contributed by atoms with Crippen molar-refractivity contribution in [1.29, 1.82) is 0 Å². The number of phenolic OH excluding ortho intramolecular Hbond substituents is 2. The summed E-state index contributed by atoms with van der Waals surface area (Å²) in [6, 6.07) is 6.90. The largest absolute Gasteiger partial charge is 0.507 e. The third kappa shape index (κ3) is 5.95. The predicted molar refractivity (Wildman–Crippen MR) is 141 cm³/mol. The minimum atomic E-state index is -1.79. The highest BCUT2D eigenvalue weighted by Gasteiger charge is 2.50. The molecule has 2 saturated heterocycles. The van der Waals surface area contributed by atoms with Crippen LogP contribution in [0.3, 0.4) is 0 Å². The van der Waals surface area contributed by atoms with Crippen LogP contribution in [0.5, 0.6) is 28.7 Å². The van der Waals surface area contributed by atoms with Crippen molar-refractivity contribution in [2.75, 3.05) is 13.7 Å². The second kappa shape index (κ2) is 12.4. The van der Waals surface area contributed by atoms with Crippen LogP contribution >= 0.6 is 0 Å². The maximum atomic E-state index is 12.9. The number of carbonyl (C=O) groups excluding carboxylic acids is 1. The lowest BCUT2D eigenvalue weighted by molar-refractivity contribution is -0.349. The van der Waals surface area contributed by atoms with E-state index in [1.165, 1.54) is 32.2 Å². The van der Waals surface area contributed by atoms with Gasteiger partial charge in [-0.2, -0.15) is 0 Å². The molecule has 8 N–H and O–H groups in total. The van der Waals surface area contributed by atoms with E-state index in [1.807, 2.05) is 0 Å².